The van der Waals surface area contributed by atoms with E-state index in [1.165, 1.54) is 5.01 Å². The number of aryl methyl sites for hydroxylation is 1. The van der Waals surface area contributed by atoms with Gasteiger partial charge in [-0.25, -0.2) is 5.01 Å². The van der Waals surface area contributed by atoms with E-state index >= 15 is 0 Å². The van der Waals surface area contributed by atoms with Gasteiger partial charge in [-0.15, -0.1) is 0 Å². The predicted molar refractivity (Wildman–Crippen MR) is 114 cm³/mol. The van der Waals surface area contributed by atoms with Gasteiger partial charge in [0.25, 0.3) is 5.91 Å². The lowest BCUT2D eigenvalue weighted by Crippen LogP contribution is -2.31. The first kappa shape index (κ1) is 19.8. The van der Waals surface area contributed by atoms with Gasteiger partial charge in [0.05, 0.1) is 19.1 Å². The van der Waals surface area contributed by atoms with Gasteiger partial charge in [-0.2, -0.15) is 5.10 Å². The van der Waals surface area contributed by atoms with E-state index in [-0.39, 0.29) is 18.6 Å². The lowest BCUT2D eigenvalue weighted by molar-refractivity contribution is -0.135. The minimum absolute atomic E-state index is 0.0963. The number of nitrogens with zero attached hydrogens (tertiary/aromatic N) is 2. The van der Waals surface area contributed by atoms with E-state index in [4.69, 9.17) is 13.9 Å². The number of amides is 1. The average molecular weight is 404 g/mol. The molecule has 2 aromatic carbocycles. The van der Waals surface area contributed by atoms with Crippen LogP contribution in [0, 0.1) is 13.8 Å². The van der Waals surface area contributed by atoms with Gasteiger partial charge < -0.3 is 13.9 Å². The summed E-state index contributed by atoms with van der Waals surface area (Å²) in [5, 5.41) is 6.10. The monoisotopic (exact) mass is 404 g/mol. The highest BCUT2D eigenvalue weighted by molar-refractivity contribution is 6.03. The van der Waals surface area contributed by atoms with Crippen molar-refractivity contribution < 1.29 is 18.7 Å². The third-order valence-electron chi connectivity index (χ3n) is 5.37. The number of hydrazone groups is 1. The van der Waals surface area contributed by atoms with Crippen LogP contribution in [-0.4, -0.2) is 30.3 Å². The minimum Gasteiger partial charge on any atom is -0.497 e. The van der Waals surface area contributed by atoms with Crippen molar-refractivity contribution in [3.05, 3.63) is 83.3 Å². The van der Waals surface area contributed by atoms with E-state index in [0.29, 0.717) is 17.9 Å². The molecule has 6 heteroatoms. The Labute approximate surface area is 175 Å². The van der Waals surface area contributed by atoms with Crippen LogP contribution in [0.5, 0.6) is 11.5 Å². The van der Waals surface area contributed by atoms with Gasteiger partial charge in [-0.3, -0.25) is 4.79 Å². The summed E-state index contributed by atoms with van der Waals surface area (Å²) in [6, 6.07) is 16.8. The SMILES string of the molecule is COc1ccc(C2=NN(C(=O)COc3cccc(C)c3C)[C@@H](c3ccco3)C2)cc1. The Morgan fingerprint density at radius 1 is 1.13 bits per heavy atom. The predicted octanol–water partition coefficient (Wildman–Crippen LogP) is 4.66. The summed E-state index contributed by atoms with van der Waals surface area (Å²) < 4.78 is 16.6. The molecule has 1 aliphatic rings. The first-order chi connectivity index (χ1) is 14.6. The molecule has 3 aromatic rings. The summed E-state index contributed by atoms with van der Waals surface area (Å²) in [5.41, 5.74) is 3.91. The van der Waals surface area contributed by atoms with Crippen LogP contribution in [-0.2, 0) is 4.79 Å². The standard InChI is InChI=1S/C24H24N2O4/c1-16-6-4-7-22(17(16)2)30-15-24(27)26-21(23-8-5-13-29-23)14-20(25-26)18-9-11-19(28-3)12-10-18/h4-13,21H,14-15H2,1-3H3/t21-/m1/s1. The van der Waals surface area contributed by atoms with Gasteiger partial charge in [-0.1, -0.05) is 12.1 Å². The molecule has 4 rings (SSSR count). The van der Waals surface area contributed by atoms with Crippen LogP contribution in [0.25, 0.3) is 0 Å². The summed E-state index contributed by atoms with van der Waals surface area (Å²) in [7, 11) is 1.63. The fourth-order valence-corrected chi connectivity index (χ4v) is 3.49. The number of rotatable bonds is 6. The Morgan fingerprint density at radius 3 is 2.63 bits per heavy atom. The zero-order valence-corrected chi connectivity index (χ0v) is 17.3. The van der Waals surface area contributed by atoms with Crippen LogP contribution in [0.1, 0.15) is 34.9 Å². The molecule has 1 amide bonds. The van der Waals surface area contributed by atoms with Gasteiger partial charge >= 0.3 is 0 Å². The quantitative estimate of drug-likeness (QED) is 0.599. The summed E-state index contributed by atoms with van der Waals surface area (Å²) in [4.78, 5) is 13.0. The summed E-state index contributed by atoms with van der Waals surface area (Å²) in [6.07, 6.45) is 2.17. The lowest BCUT2D eigenvalue weighted by atomic mass is 10.0. The molecule has 1 atom stereocenters. The molecular weight excluding hydrogens is 380 g/mol. The van der Waals surface area contributed by atoms with E-state index in [9.17, 15) is 4.79 Å². The number of carbonyl (C=O) groups is 1. The Kier molecular flexibility index (Phi) is 5.57. The molecule has 1 aliphatic heterocycles. The van der Waals surface area contributed by atoms with Gasteiger partial charge in [0.1, 0.15) is 23.3 Å². The van der Waals surface area contributed by atoms with Crippen molar-refractivity contribution in [2.24, 2.45) is 5.10 Å². The number of furan rings is 1. The maximum absolute atomic E-state index is 13.0. The molecule has 0 aliphatic carbocycles. The molecule has 0 saturated carbocycles. The van der Waals surface area contributed by atoms with Crippen molar-refractivity contribution >= 4 is 11.6 Å². The van der Waals surface area contributed by atoms with E-state index < -0.39 is 0 Å². The zero-order chi connectivity index (χ0) is 21.1. The second-order valence-corrected chi connectivity index (χ2v) is 7.24. The topological polar surface area (TPSA) is 64.3 Å². The zero-order valence-electron chi connectivity index (χ0n) is 17.3. The van der Waals surface area contributed by atoms with Crippen LogP contribution in [0.2, 0.25) is 0 Å². The Hall–Kier alpha value is -3.54. The van der Waals surface area contributed by atoms with E-state index in [0.717, 1.165) is 28.2 Å². The molecule has 1 aromatic heterocycles. The molecule has 0 N–H and O–H groups in total. The number of methoxy groups -OCH3 is 1. The van der Waals surface area contributed by atoms with Crippen LogP contribution in [0.3, 0.4) is 0 Å². The Bertz CT molecular complexity index is 1060. The number of hydrogen-bond acceptors (Lipinski definition) is 5. The van der Waals surface area contributed by atoms with Gasteiger partial charge in [0.2, 0.25) is 0 Å². The normalized spacial score (nSPS) is 15.8. The van der Waals surface area contributed by atoms with Gasteiger partial charge in [0, 0.05) is 6.42 Å². The molecule has 0 unspecified atom stereocenters. The molecule has 154 valence electrons. The molecule has 30 heavy (non-hydrogen) atoms. The van der Waals surface area contributed by atoms with Crippen molar-refractivity contribution in [3.8, 4) is 11.5 Å². The highest BCUT2D eigenvalue weighted by atomic mass is 16.5. The molecule has 0 radical (unpaired) electrons. The molecule has 0 bridgehead atoms. The fraction of sp³-hybridized carbons (Fsp3) is 0.250. The van der Waals surface area contributed by atoms with Crippen molar-refractivity contribution in [1.29, 1.82) is 0 Å². The summed E-state index contributed by atoms with van der Waals surface area (Å²) in [5.74, 6) is 1.95. The molecule has 6 nitrogen and oxygen atoms in total. The smallest absolute Gasteiger partial charge is 0.281 e. The highest BCUT2D eigenvalue weighted by Gasteiger charge is 2.35. The second kappa shape index (κ2) is 8.45. The number of carbonyl (C=O) groups excluding carboxylic acids is 1. The Balaban J connectivity index is 1.56. The van der Waals surface area contributed by atoms with Crippen molar-refractivity contribution in [2.45, 2.75) is 26.3 Å². The van der Waals surface area contributed by atoms with E-state index in [1.54, 1.807) is 13.4 Å². The van der Waals surface area contributed by atoms with Gasteiger partial charge in [-0.05, 0) is 73.0 Å². The van der Waals surface area contributed by atoms with E-state index in [1.807, 2.05) is 68.4 Å². The number of benzene rings is 2. The average Bonchev–Trinajstić information content (AvgIpc) is 3.44. The molecule has 0 saturated heterocycles. The lowest BCUT2D eigenvalue weighted by Gasteiger charge is -2.20. The summed E-state index contributed by atoms with van der Waals surface area (Å²) >= 11 is 0. The second-order valence-electron chi connectivity index (χ2n) is 7.24. The van der Waals surface area contributed by atoms with Crippen LogP contribution < -0.4 is 9.47 Å². The van der Waals surface area contributed by atoms with Crippen molar-refractivity contribution in [3.63, 3.8) is 0 Å². The molecule has 0 fully saturated rings. The third-order valence-corrected chi connectivity index (χ3v) is 5.37. The van der Waals surface area contributed by atoms with Crippen molar-refractivity contribution in [2.75, 3.05) is 13.7 Å². The van der Waals surface area contributed by atoms with Gasteiger partial charge in [0.15, 0.2) is 6.61 Å². The van der Waals surface area contributed by atoms with Crippen LogP contribution in [0.15, 0.2) is 70.4 Å². The maximum atomic E-state index is 13.0. The molecule has 2 heterocycles. The highest BCUT2D eigenvalue weighted by Crippen LogP contribution is 2.33. The number of hydrogen-bond donors (Lipinski definition) is 0. The minimum atomic E-state index is -0.299. The largest absolute Gasteiger partial charge is 0.497 e. The maximum Gasteiger partial charge on any atom is 0.281 e. The molecular formula is C24H24N2O4. The van der Waals surface area contributed by atoms with Crippen LogP contribution >= 0.6 is 0 Å². The van der Waals surface area contributed by atoms with E-state index in [2.05, 4.69) is 5.10 Å². The first-order valence-electron chi connectivity index (χ1n) is 9.83. The van der Waals surface area contributed by atoms with Crippen LogP contribution in [0.4, 0.5) is 0 Å². The van der Waals surface area contributed by atoms with Crippen molar-refractivity contribution in [1.82, 2.24) is 5.01 Å². The fourth-order valence-electron chi connectivity index (χ4n) is 3.49. The summed E-state index contributed by atoms with van der Waals surface area (Å²) in [6.45, 7) is 3.90. The first-order valence-corrected chi connectivity index (χ1v) is 9.83. The Morgan fingerprint density at radius 2 is 1.93 bits per heavy atom. The number of ether oxygens (including phenoxy) is 2. The third kappa shape index (κ3) is 3.94. The molecule has 0 spiro atoms.